The maximum absolute atomic E-state index is 12.9. The van der Waals surface area contributed by atoms with Gasteiger partial charge in [0.05, 0.1) is 32.0 Å². The van der Waals surface area contributed by atoms with Crippen LogP contribution in [0.5, 0.6) is 0 Å². The van der Waals surface area contributed by atoms with Crippen LogP contribution >= 0.6 is 0 Å². The Hall–Kier alpha value is -5.36. The van der Waals surface area contributed by atoms with E-state index in [4.69, 9.17) is 14.2 Å². The van der Waals surface area contributed by atoms with Crippen LogP contribution in [0.15, 0.2) is 133 Å². The topological polar surface area (TPSA) is 130 Å². The standard InChI is InChI=1S/C47H53N3O7/c1-31-42(29-50(3)32(2)43(52)37-15-9-6-10-16-37)56-46(57-44(31)38-20-18-34(30-51)19-21-38)39-24-22-36(23-25-39)40-17-11-14-35(26-40)28-48-47(54)49-41(45(53)55-4)27-33-12-7-5-8-13-33/h5-26,31-32,41-44,46,51-52H,27-30H2,1-4H3,(H2,48,49,54)/t31-,32+,41-,42+,43+,44+,46+/m0/s1. The van der Waals surface area contributed by atoms with Crippen molar-refractivity contribution in [3.05, 3.63) is 167 Å². The highest BCUT2D eigenvalue weighted by atomic mass is 16.7. The van der Waals surface area contributed by atoms with E-state index in [1.54, 1.807) is 0 Å². The van der Waals surface area contributed by atoms with Gasteiger partial charge in [-0.25, -0.2) is 9.59 Å². The van der Waals surface area contributed by atoms with Crippen LogP contribution in [-0.2, 0) is 38.6 Å². The third kappa shape index (κ3) is 10.7. The Morgan fingerprint density at radius 3 is 2.11 bits per heavy atom. The second-order valence-electron chi connectivity index (χ2n) is 14.8. The molecule has 1 saturated heterocycles. The molecule has 0 saturated carbocycles. The molecule has 2 amide bonds. The smallest absolute Gasteiger partial charge is 0.328 e. The van der Waals surface area contributed by atoms with Crippen molar-refractivity contribution in [3.8, 4) is 11.1 Å². The normalized spacial score (nSPS) is 19.6. The molecule has 0 aromatic heterocycles. The van der Waals surface area contributed by atoms with Crippen molar-refractivity contribution in [2.45, 2.75) is 70.1 Å². The molecule has 4 N–H and O–H groups in total. The molecular weight excluding hydrogens is 719 g/mol. The first-order valence-electron chi connectivity index (χ1n) is 19.4. The van der Waals surface area contributed by atoms with E-state index in [1.165, 1.54) is 7.11 Å². The summed E-state index contributed by atoms with van der Waals surface area (Å²) in [4.78, 5) is 27.4. The van der Waals surface area contributed by atoms with Crippen LogP contribution in [0.4, 0.5) is 4.79 Å². The molecule has 0 spiro atoms. The lowest BCUT2D eigenvalue weighted by molar-refractivity contribution is -0.276. The zero-order chi connectivity index (χ0) is 40.3. The number of rotatable bonds is 15. The van der Waals surface area contributed by atoms with Gasteiger partial charge in [0.1, 0.15) is 6.04 Å². The Morgan fingerprint density at radius 2 is 1.44 bits per heavy atom. The van der Waals surface area contributed by atoms with Crippen LogP contribution in [0.1, 0.15) is 65.7 Å². The van der Waals surface area contributed by atoms with Gasteiger partial charge in [0.25, 0.3) is 0 Å². The summed E-state index contributed by atoms with van der Waals surface area (Å²) in [6, 6.07) is 41.6. The summed E-state index contributed by atoms with van der Waals surface area (Å²) in [7, 11) is 3.32. The zero-order valence-electron chi connectivity index (χ0n) is 33.0. The van der Waals surface area contributed by atoms with Gasteiger partial charge in [0.2, 0.25) is 0 Å². The summed E-state index contributed by atoms with van der Waals surface area (Å²) < 4.78 is 18.4. The first kappa shape index (κ1) is 41.3. The van der Waals surface area contributed by atoms with E-state index < -0.39 is 30.4 Å². The fraction of sp³-hybridized carbons (Fsp3) is 0.319. The number of benzene rings is 5. The molecule has 5 aromatic carbocycles. The average molecular weight is 772 g/mol. The largest absolute Gasteiger partial charge is 0.467 e. The van der Waals surface area contributed by atoms with Crippen molar-refractivity contribution in [1.82, 2.24) is 15.5 Å². The quantitative estimate of drug-likeness (QED) is 0.0819. The van der Waals surface area contributed by atoms with Crippen LogP contribution in [0, 0.1) is 5.92 Å². The van der Waals surface area contributed by atoms with Gasteiger partial charge in [-0.05, 0) is 59.0 Å². The lowest BCUT2D eigenvalue weighted by atomic mass is 9.89. The molecule has 1 aliphatic heterocycles. The number of hydrogen-bond donors (Lipinski definition) is 4. The summed E-state index contributed by atoms with van der Waals surface area (Å²) >= 11 is 0. The van der Waals surface area contributed by atoms with Crippen LogP contribution in [0.2, 0.25) is 0 Å². The number of methoxy groups -OCH3 is 1. The summed E-state index contributed by atoms with van der Waals surface area (Å²) in [5.74, 6) is -0.529. The monoisotopic (exact) mass is 771 g/mol. The molecule has 7 atom stereocenters. The van der Waals surface area contributed by atoms with E-state index in [0.29, 0.717) is 13.0 Å². The molecule has 0 radical (unpaired) electrons. The first-order valence-corrected chi connectivity index (χ1v) is 19.4. The molecule has 1 aliphatic rings. The van der Waals surface area contributed by atoms with Gasteiger partial charge in [0.15, 0.2) is 6.29 Å². The van der Waals surface area contributed by atoms with Crippen molar-refractivity contribution in [3.63, 3.8) is 0 Å². The third-order valence-electron chi connectivity index (χ3n) is 10.9. The minimum absolute atomic E-state index is 0.0161. The molecule has 0 unspecified atom stereocenters. The van der Waals surface area contributed by atoms with Crippen LogP contribution in [0.25, 0.3) is 11.1 Å². The SMILES string of the molecule is COC(=O)[C@H](Cc1ccccc1)NC(=O)NCc1cccc(-c2ccc([C@@H]3O[C@H](CN(C)[C@H](C)[C@@H](O)c4ccccc4)[C@H](C)[C@H](c4ccc(CO)cc4)O3)cc2)c1. The van der Waals surface area contributed by atoms with Gasteiger partial charge in [-0.1, -0.05) is 134 Å². The maximum atomic E-state index is 12.9. The second-order valence-corrected chi connectivity index (χ2v) is 14.8. The minimum Gasteiger partial charge on any atom is -0.467 e. The van der Waals surface area contributed by atoms with E-state index in [1.807, 2.05) is 147 Å². The molecular formula is C47H53N3O7. The van der Waals surface area contributed by atoms with Gasteiger partial charge in [-0.15, -0.1) is 0 Å². The highest BCUT2D eigenvalue weighted by Gasteiger charge is 2.39. The molecule has 1 fully saturated rings. The Morgan fingerprint density at radius 1 is 0.789 bits per heavy atom. The molecule has 0 bridgehead atoms. The molecule has 57 heavy (non-hydrogen) atoms. The lowest BCUT2D eigenvalue weighted by Crippen LogP contribution is -2.47. The summed E-state index contributed by atoms with van der Waals surface area (Å²) in [6.45, 7) is 4.96. The van der Waals surface area contributed by atoms with Crippen LogP contribution in [-0.4, -0.2) is 66.0 Å². The predicted octanol–water partition coefficient (Wildman–Crippen LogP) is 7.27. The summed E-state index contributed by atoms with van der Waals surface area (Å²) in [5, 5.41) is 26.5. The molecule has 10 nitrogen and oxygen atoms in total. The van der Waals surface area contributed by atoms with Gasteiger partial charge in [0, 0.05) is 37.0 Å². The molecule has 1 heterocycles. The Kier molecular flexibility index (Phi) is 14.2. The predicted molar refractivity (Wildman–Crippen MR) is 220 cm³/mol. The second kappa shape index (κ2) is 19.7. The Bertz CT molecular complexity index is 2030. The van der Waals surface area contributed by atoms with E-state index in [9.17, 15) is 19.8 Å². The number of urea groups is 1. The number of ether oxygens (including phenoxy) is 3. The number of nitrogens with zero attached hydrogens (tertiary/aromatic N) is 1. The number of carbonyl (C=O) groups is 2. The number of aliphatic hydroxyl groups excluding tert-OH is 2. The van der Waals surface area contributed by atoms with Crippen LogP contribution < -0.4 is 10.6 Å². The zero-order valence-corrected chi connectivity index (χ0v) is 33.0. The molecule has 298 valence electrons. The number of amides is 2. The number of carbonyl (C=O) groups excluding carboxylic acids is 2. The summed E-state index contributed by atoms with van der Waals surface area (Å²) in [6.07, 6.45) is -1.48. The first-order chi connectivity index (χ1) is 27.6. The van der Waals surface area contributed by atoms with E-state index in [2.05, 4.69) is 22.5 Å². The van der Waals surface area contributed by atoms with Crippen molar-refractivity contribution in [2.24, 2.45) is 5.92 Å². The van der Waals surface area contributed by atoms with Gasteiger partial charge in [-0.2, -0.15) is 0 Å². The number of aliphatic hydroxyl groups is 2. The van der Waals surface area contributed by atoms with Gasteiger partial charge < -0.3 is 35.1 Å². The molecule has 5 aromatic rings. The summed E-state index contributed by atoms with van der Waals surface area (Å²) in [5.41, 5.74) is 7.35. The number of nitrogens with one attached hydrogen (secondary N) is 2. The number of esters is 1. The molecule has 10 heteroatoms. The van der Waals surface area contributed by atoms with Crippen molar-refractivity contribution in [1.29, 1.82) is 0 Å². The van der Waals surface area contributed by atoms with E-state index >= 15 is 0 Å². The number of likely N-dealkylation sites (N-methyl/N-ethyl adjacent to an activating group) is 1. The van der Waals surface area contributed by atoms with Crippen molar-refractivity contribution >= 4 is 12.0 Å². The van der Waals surface area contributed by atoms with Crippen molar-refractivity contribution in [2.75, 3.05) is 20.7 Å². The molecule has 6 rings (SSSR count). The fourth-order valence-corrected chi connectivity index (χ4v) is 7.22. The van der Waals surface area contributed by atoms with E-state index in [-0.39, 0.29) is 37.3 Å². The lowest BCUT2D eigenvalue weighted by Gasteiger charge is -2.43. The fourth-order valence-electron chi connectivity index (χ4n) is 7.22. The highest BCUT2D eigenvalue weighted by Crippen LogP contribution is 2.42. The van der Waals surface area contributed by atoms with Crippen molar-refractivity contribution < 1.29 is 34.0 Å². The van der Waals surface area contributed by atoms with Gasteiger partial charge in [-0.3, -0.25) is 4.90 Å². The highest BCUT2D eigenvalue weighted by molar-refractivity contribution is 5.83. The van der Waals surface area contributed by atoms with Gasteiger partial charge >= 0.3 is 12.0 Å². The minimum atomic E-state index is -0.822. The number of hydrogen-bond acceptors (Lipinski definition) is 8. The maximum Gasteiger partial charge on any atom is 0.328 e. The Balaban J connectivity index is 1.13. The average Bonchev–Trinajstić information content (AvgIpc) is 3.26. The molecule has 0 aliphatic carbocycles. The van der Waals surface area contributed by atoms with E-state index in [0.717, 1.165) is 44.5 Å². The van der Waals surface area contributed by atoms with Crippen LogP contribution in [0.3, 0.4) is 0 Å². The Labute approximate surface area is 335 Å². The third-order valence-corrected chi connectivity index (χ3v) is 10.9.